The van der Waals surface area contributed by atoms with E-state index < -0.39 is 0 Å². The molecule has 0 aromatic heterocycles. The summed E-state index contributed by atoms with van der Waals surface area (Å²) in [6.07, 6.45) is 11.0. The fourth-order valence-corrected chi connectivity index (χ4v) is 1.81. The highest BCUT2D eigenvalue weighted by molar-refractivity contribution is 6.48. The van der Waals surface area contributed by atoms with Gasteiger partial charge in [0, 0.05) is 0 Å². The first-order chi connectivity index (χ1) is 8.01. The minimum absolute atomic E-state index is 0.621. The molecule has 17 heavy (non-hydrogen) atoms. The van der Waals surface area contributed by atoms with Gasteiger partial charge in [-0.2, -0.15) is 0 Å². The van der Waals surface area contributed by atoms with Crippen LogP contribution in [0, 0.1) is 11.8 Å². The molecule has 0 N–H and O–H groups in total. The molecule has 0 aromatic rings. The van der Waals surface area contributed by atoms with Gasteiger partial charge in [-0.05, 0) is 5.92 Å². The Hall–Kier alpha value is -0.975. The van der Waals surface area contributed by atoms with Gasteiger partial charge >= 0.3 is 0 Å². The van der Waals surface area contributed by atoms with E-state index in [0.29, 0.717) is 11.7 Å². The predicted molar refractivity (Wildman–Crippen MR) is 81.4 cm³/mol. The summed E-state index contributed by atoms with van der Waals surface area (Å²) in [6, 6.07) is 0. The number of hydrogen-bond acceptors (Lipinski definition) is 0. The highest BCUT2D eigenvalue weighted by Crippen LogP contribution is 2.27. The van der Waals surface area contributed by atoms with Crippen molar-refractivity contribution in [3.8, 4) is 0 Å². The van der Waals surface area contributed by atoms with Crippen molar-refractivity contribution in [2.75, 3.05) is 0 Å². The molecule has 1 unspecified atom stereocenters. The van der Waals surface area contributed by atoms with Crippen LogP contribution in [0.4, 0.5) is 0 Å². The molecule has 1 radical (unpaired) electrons. The maximum Gasteiger partial charge on any atom is 0.155 e. The van der Waals surface area contributed by atoms with Gasteiger partial charge in [0.1, 0.15) is 0 Å². The Morgan fingerprint density at radius 2 is 1.76 bits per heavy atom. The van der Waals surface area contributed by atoms with E-state index in [1.54, 1.807) is 6.08 Å². The van der Waals surface area contributed by atoms with E-state index >= 15 is 0 Å². The van der Waals surface area contributed by atoms with Gasteiger partial charge < -0.3 is 0 Å². The molecule has 0 aliphatic heterocycles. The Morgan fingerprint density at radius 1 is 1.12 bits per heavy atom. The van der Waals surface area contributed by atoms with Crippen molar-refractivity contribution in [2.45, 2.75) is 39.9 Å². The molecular formula is C16H26B. The summed E-state index contributed by atoms with van der Waals surface area (Å²) in [7, 11) is 2.35. The Bertz CT molecular complexity index is 282. The van der Waals surface area contributed by atoms with Gasteiger partial charge in [0.15, 0.2) is 7.28 Å². The van der Waals surface area contributed by atoms with E-state index in [9.17, 15) is 0 Å². The van der Waals surface area contributed by atoms with Gasteiger partial charge in [-0.3, -0.25) is 0 Å². The summed E-state index contributed by atoms with van der Waals surface area (Å²) in [6.45, 7) is 16.6. The lowest BCUT2D eigenvalue weighted by molar-refractivity contribution is 0.473. The standard InChI is InChI=1S/C16H26B/c1-7-9-11-15(10-8-2)17-16(14(5)6)12-13(3)4/h7-11,13-14,16H,1-2,12H2,3-6H3/b11-9-,15-10+. The van der Waals surface area contributed by atoms with Crippen LogP contribution >= 0.6 is 0 Å². The topological polar surface area (TPSA) is 0 Å². The van der Waals surface area contributed by atoms with E-state index in [-0.39, 0.29) is 0 Å². The van der Waals surface area contributed by atoms with Crippen molar-refractivity contribution in [1.82, 2.24) is 0 Å². The van der Waals surface area contributed by atoms with Crippen molar-refractivity contribution in [3.05, 3.63) is 49.0 Å². The Kier molecular flexibility index (Phi) is 8.57. The van der Waals surface area contributed by atoms with Crippen LogP contribution in [-0.4, -0.2) is 7.28 Å². The summed E-state index contributed by atoms with van der Waals surface area (Å²) in [5.41, 5.74) is 1.22. The lowest BCUT2D eigenvalue weighted by Gasteiger charge is -2.22. The maximum atomic E-state index is 3.77. The Balaban J connectivity index is 4.67. The SMILES string of the molecule is C=C/C=C\C([B]C(CC(C)C)C(C)C)=C/C=C. The lowest BCUT2D eigenvalue weighted by atomic mass is 9.52. The number of allylic oxidation sites excluding steroid dienone is 6. The van der Waals surface area contributed by atoms with Gasteiger partial charge in [0.05, 0.1) is 0 Å². The van der Waals surface area contributed by atoms with Crippen molar-refractivity contribution < 1.29 is 0 Å². The molecule has 1 heteroatoms. The fourth-order valence-electron chi connectivity index (χ4n) is 1.81. The highest BCUT2D eigenvalue weighted by atomic mass is 14.1. The average Bonchev–Trinajstić information content (AvgIpc) is 2.24. The minimum Gasteiger partial charge on any atom is -0.0991 e. The van der Waals surface area contributed by atoms with E-state index in [4.69, 9.17) is 0 Å². The van der Waals surface area contributed by atoms with Gasteiger partial charge in [-0.25, -0.2) is 0 Å². The zero-order chi connectivity index (χ0) is 13.3. The van der Waals surface area contributed by atoms with Gasteiger partial charge in [0.25, 0.3) is 0 Å². The van der Waals surface area contributed by atoms with Crippen LogP contribution < -0.4 is 0 Å². The molecular weight excluding hydrogens is 203 g/mol. The largest absolute Gasteiger partial charge is 0.155 e. The zero-order valence-electron chi connectivity index (χ0n) is 11.8. The molecule has 0 saturated carbocycles. The Morgan fingerprint density at radius 3 is 2.18 bits per heavy atom. The van der Waals surface area contributed by atoms with E-state index in [0.717, 1.165) is 5.92 Å². The highest BCUT2D eigenvalue weighted by Gasteiger charge is 2.17. The molecule has 0 saturated heterocycles. The maximum absolute atomic E-state index is 3.77. The normalized spacial score (nSPS) is 14.4. The third-order valence-corrected chi connectivity index (χ3v) is 2.74. The molecule has 0 heterocycles. The minimum atomic E-state index is 0.621. The van der Waals surface area contributed by atoms with E-state index in [1.807, 2.05) is 12.2 Å². The molecule has 0 fully saturated rings. The monoisotopic (exact) mass is 229 g/mol. The second kappa shape index (κ2) is 9.10. The first kappa shape index (κ1) is 16.0. The van der Waals surface area contributed by atoms with Crippen LogP contribution in [0.2, 0.25) is 5.82 Å². The van der Waals surface area contributed by atoms with Crippen LogP contribution in [0.15, 0.2) is 49.0 Å². The van der Waals surface area contributed by atoms with Crippen molar-refractivity contribution in [1.29, 1.82) is 0 Å². The van der Waals surface area contributed by atoms with Crippen molar-refractivity contribution >= 4 is 7.28 Å². The van der Waals surface area contributed by atoms with Crippen LogP contribution in [0.25, 0.3) is 0 Å². The summed E-state index contributed by atoms with van der Waals surface area (Å²) in [5.74, 6) is 2.02. The zero-order valence-corrected chi connectivity index (χ0v) is 11.8. The molecule has 0 nitrogen and oxygen atoms in total. The molecule has 0 spiro atoms. The molecule has 0 aliphatic rings. The number of hydrogen-bond donors (Lipinski definition) is 0. The third kappa shape index (κ3) is 7.85. The van der Waals surface area contributed by atoms with Crippen LogP contribution in [0.3, 0.4) is 0 Å². The van der Waals surface area contributed by atoms with Crippen molar-refractivity contribution in [3.63, 3.8) is 0 Å². The second-order valence-electron chi connectivity index (χ2n) is 5.20. The molecule has 0 amide bonds. The molecule has 0 aromatic carbocycles. The van der Waals surface area contributed by atoms with Gasteiger partial charge in [0.2, 0.25) is 0 Å². The first-order valence-electron chi connectivity index (χ1n) is 6.48. The lowest BCUT2D eigenvalue weighted by Crippen LogP contribution is -2.14. The molecule has 0 rings (SSSR count). The second-order valence-corrected chi connectivity index (χ2v) is 5.20. The summed E-state index contributed by atoms with van der Waals surface area (Å²) >= 11 is 0. The van der Waals surface area contributed by atoms with Crippen molar-refractivity contribution in [2.24, 2.45) is 11.8 Å². The summed E-state index contributed by atoms with van der Waals surface area (Å²) in [5, 5.41) is 0. The Labute approximate surface area is 108 Å². The summed E-state index contributed by atoms with van der Waals surface area (Å²) in [4.78, 5) is 0. The van der Waals surface area contributed by atoms with Gasteiger partial charge in [-0.15, -0.1) is 0 Å². The van der Waals surface area contributed by atoms with Crippen LogP contribution in [0.1, 0.15) is 34.1 Å². The number of rotatable bonds is 8. The molecule has 0 bridgehead atoms. The van der Waals surface area contributed by atoms with E-state index in [2.05, 4.69) is 60.3 Å². The molecule has 1 atom stereocenters. The van der Waals surface area contributed by atoms with E-state index in [1.165, 1.54) is 11.9 Å². The van der Waals surface area contributed by atoms with Crippen LogP contribution in [-0.2, 0) is 0 Å². The fraction of sp³-hybridized carbons (Fsp3) is 0.500. The quantitative estimate of drug-likeness (QED) is 0.406. The van der Waals surface area contributed by atoms with Gasteiger partial charge in [-0.1, -0.05) is 94.9 Å². The predicted octanol–water partition coefficient (Wildman–Crippen LogP) is 4.99. The summed E-state index contributed by atoms with van der Waals surface area (Å²) < 4.78 is 0. The first-order valence-corrected chi connectivity index (χ1v) is 6.48. The van der Waals surface area contributed by atoms with Crippen LogP contribution in [0.5, 0.6) is 0 Å². The average molecular weight is 229 g/mol. The third-order valence-electron chi connectivity index (χ3n) is 2.74. The molecule has 0 aliphatic carbocycles. The smallest absolute Gasteiger partial charge is 0.0991 e. The molecule has 93 valence electrons.